The molecule has 1 aliphatic carbocycles. The summed E-state index contributed by atoms with van der Waals surface area (Å²) in [5.41, 5.74) is 6.00. The molecule has 0 aromatic carbocycles. The number of piperidine rings is 1. The zero-order valence-corrected chi connectivity index (χ0v) is 10.5. The Morgan fingerprint density at radius 2 is 2.06 bits per heavy atom. The van der Waals surface area contributed by atoms with E-state index in [9.17, 15) is 0 Å². The summed E-state index contributed by atoms with van der Waals surface area (Å²) in [7, 11) is 0. The molecule has 1 saturated carbocycles. The molecule has 96 valence electrons. The van der Waals surface area contributed by atoms with Gasteiger partial charge < -0.3 is 10.6 Å². The molecule has 3 rings (SSSR count). The monoisotopic (exact) mass is 245 g/mol. The highest BCUT2D eigenvalue weighted by Gasteiger charge is 2.31. The lowest BCUT2D eigenvalue weighted by molar-refractivity contribution is 0.230. The minimum absolute atomic E-state index is 0.0100. The fourth-order valence-electron chi connectivity index (χ4n) is 3.25. The summed E-state index contributed by atoms with van der Waals surface area (Å²) in [4.78, 5) is 11.0. The Labute approximate surface area is 107 Å². The number of nitrogens with one attached hydrogen (secondary N) is 1. The molecule has 0 spiro atoms. The molecule has 2 fully saturated rings. The van der Waals surface area contributed by atoms with Crippen LogP contribution in [0.4, 0.5) is 5.95 Å². The summed E-state index contributed by atoms with van der Waals surface area (Å²) in [6.07, 6.45) is 7.10. The van der Waals surface area contributed by atoms with Gasteiger partial charge in [0.1, 0.15) is 11.5 Å². The van der Waals surface area contributed by atoms with Crippen LogP contribution >= 0.6 is 0 Å². The molecule has 2 bridgehead atoms. The van der Waals surface area contributed by atoms with E-state index in [0.717, 1.165) is 30.9 Å². The van der Waals surface area contributed by atoms with Gasteiger partial charge in [-0.3, -0.25) is 5.41 Å². The largest absolute Gasteiger partial charge is 0.382 e. The molecule has 3 N–H and O–H groups in total. The van der Waals surface area contributed by atoms with E-state index in [0.29, 0.717) is 5.69 Å². The molecule has 2 aliphatic rings. The SMILES string of the molecule is N=C(N)c1ccnc(N2CC3CCCC(C3)C2)n1. The van der Waals surface area contributed by atoms with Crippen molar-refractivity contribution in [1.82, 2.24) is 9.97 Å². The molecule has 1 aromatic heterocycles. The van der Waals surface area contributed by atoms with Crippen molar-refractivity contribution in [1.29, 1.82) is 5.41 Å². The second-order valence-corrected chi connectivity index (χ2v) is 5.46. The number of aromatic nitrogens is 2. The minimum Gasteiger partial charge on any atom is -0.382 e. The van der Waals surface area contributed by atoms with Crippen LogP contribution in [0, 0.1) is 17.2 Å². The van der Waals surface area contributed by atoms with Crippen LogP contribution in [0.1, 0.15) is 31.4 Å². The molecule has 1 saturated heterocycles. The predicted octanol–water partition coefficient (Wildman–Crippen LogP) is 1.39. The molecule has 2 atom stereocenters. The molecule has 18 heavy (non-hydrogen) atoms. The molecule has 0 radical (unpaired) electrons. The summed E-state index contributed by atoms with van der Waals surface area (Å²) in [6, 6.07) is 1.69. The highest BCUT2D eigenvalue weighted by atomic mass is 15.3. The first-order valence-corrected chi connectivity index (χ1v) is 6.65. The molecule has 2 unspecified atom stereocenters. The summed E-state index contributed by atoms with van der Waals surface area (Å²) in [6.45, 7) is 2.11. The Bertz CT molecular complexity index is 446. The maximum Gasteiger partial charge on any atom is 0.225 e. The number of hydrogen-bond acceptors (Lipinski definition) is 4. The van der Waals surface area contributed by atoms with Crippen LogP contribution in [0.25, 0.3) is 0 Å². The Morgan fingerprint density at radius 3 is 2.72 bits per heavy atom. The van der Waals surface area contributed by atoms with Gasteiger partial charge in [0.05, 0.1) is 0 Å². The highest BCUT2D eigenvalue weighted by Crippen LogP contribution is 2.35. The average Bonchev–Trinajstić information content (AvgIpc) is 2.38. The lowest BCUT2D eigenvalue weighted by Gasteiger charge is -2.41. The van der Waals surface area contributed by atoms with Crippen molar-refractivity contribution in [2.24, 2.45) is 17.6 Å². The van der Waals surface area contributed by atoms with E-state index in [1.165, 1.54) is 25.7 Å². The van der Waals surface area contributed by atoms with Crippen LogP contribution in [0.2, 0.25) is 0 Å². The third kappa shape index (κ3) is 2.17. The summed E-state index contributed by atoms with van der Waals surface area (Å²) in [5.74, 6) is 2.33. The minimum atomic E-state index is 0.0100. The fourth-order valence-corrected chi connectivity index (χ4v) is 3.25. The number of amidine groups is 1. The number of anilines is 1. The molecule has 5 nitrogen and oxygen atoms in total. The van der Waals surface area contributed by atoms with Crippen LogP contribution in [0.5, 0.6) is 0 Å². The van der Waals surface area contributed by atoms with Crippen LogP contribution in [0.3, 0.4) is 0 Å². The van der Waals surface area contributed by atoms with Gasteiger partial charge in [0.25, 0.3) is 0 Å². The van der Waals surface area contributed by atoms with Crippen molar-refractivity contribution >= 4 is 11.8 Å². The van der Waals surface area contributed by atoms with Gasteiger partial charge in [0, 0.05) is 19.3 Å². The first kappa shape index (κ1) is 11.4. The van der Waals surface area contributed by atoms with Crippen molar-refractivity contribution in [3.63, 3.8) is 0 Å². The molecular weight excluding hydrogens is 226 g/mol. The molecule has 0 amide bonds. The summed E-state index contributed by atoms with van der Waals surface area (Å²) >= 11 is 0. The topological polar surface area (TPSA) is 78.9 Å². The summed E-state index contributed by atoms with van der Waals surface area (Å²) in [5, 5.41) is 7.44. The zero-order valence-electron chi connectivity index (χ0n) is 10.5. The predicted molar refractivity (Wildman–Crippen MR) is 70.7 cm³/mol. The number of nitrogen functional groups attached to an aromatic ring is 1. The number of fused-ring (bicyclic) bond motifs is 2. The van der Waals surface area contributed by atoms with Crippen LogP contribution in [-0.4, -0.2) is 28.9 Å². The van der Waals surface area contributed by atoms with E-state index < -0.39 is 0 Å². The first-order valence-electron chi connectivity index (χ1n) is 6.65. The number of nitrogens with two attached hydrogens (primary N) is 1. The third-order valence-electron chi connectivity index (χ3n) is 4.05. The zero-order chi connectivity index (χ0) is 12.5. The van der Waals surface area contributed by atoms with E-state index in [4.69, 9.17) is 11.1 Å². The number of rotatable bonds is 2. The normalized spacial score (nSPS) is 27.0. The van der Waals surface area contributed by atoms with Gasteiger partial charge in [-0.15, -0.1) is 0 Å². The molecule has 2 heterocycles. The highest BCUT2D eigenvalue weighted by molar-refractivity contribution is 5.93. The van der Waals surface area contributed by atoms with Gasteiger partial charge in [0.2, 0.25) is 5.95 Å². The number of hydrogen-bond donors (Lipinski definition) is 2. The average molecular weight is 245 g/mol. The fraction of sp³-hybridized carbons (Fsp3) is 0.615. The molecular formula is C13H19N5. The lowest BCUT2D eigenvalue weighted by Crippen LogP contribution is -2.43. The van der Waals surface area contributed by atoms with E-state index in [1.54, 1.807) is 12.3 Å². The van der Waals surface area contributed by atoms with Gasteiger partial charge >= 0.3 is 0 Å². The van der Waals surface area contributed by atoms with E-state index >= 15 is 0 Å². The first-order chi connectivity index (χ1) is 8.72. The van der Waals surface area contributed by atoms with Crippen molar-refractivity contribution in [2.45, 2.75) is 25.7 Å². The smallest absolute Gasteiger partial charge is 0.225 e. The van der Waals surface area contributed by atoms with Crippen molar-refractivity contribution in [3.8, 4) is 0 Å². The van der Waals surface area contributed by atoms with Crippen molar-refractivity contribution < 1.29 is 0 Å². The standard InChI is InChI=1S/C13H19N5/c14-12(15)11-4-5-16-13(17-11)18-7-9-2-1-3-10(6-9)8-18/h4-5,9-10H,1-3,6-8H2,(H3,14,15). The molecule has 1 aliphatic heterocycles. The summed E-state index contributed by atoms with van der Waals surface area (Å²) < 4.78 is 0. The number of nitrogens with zero attached hydrogens (tertiary/aromatic N) is 3. The second kappa shape index (κ2) is 4.55. The van der Waals surface area contributed by atoms with Gasteiger partial charge in [-0.1, -0.05) is 6.42 Å². The van der Waals surface area contributed by atoms with Crippen molar-refractivity contribution in [3.05, 3.63) is 18.0 Å². The van der Waals surface area contributed by atoms with E-state index in [2.05, 4.69) is 14.9 Å². The maximum atomic E-state index is 7.44. The quantitative estimate of drug-likeness (QED) is 0.609. The molecule has 1 aromatic rings. The Morgan fingerprint density at radius 1 is 1.33 bits per heavy atom. The molecule has 5 heteroatoms. The lowest BCUT2D eigenvalue weighted by atomic mass is 9.78. The van der Waals surface area contributed by atoms with E-state index in [-0.39, 0.29) is 5.84 Å². The second-order valence-electron chi connectivity index (χ2n) is 5.46. The van der Waals surface area contributed by atoms with Gasteiger partial charge in [-0.25, -0.2) is 9.97 Å². The Hall–Kier alpha value is -1.65. The van der Waals surface area contributed by atoms with Gasteiger partial charge in [0.15, 0.2) is 0 Å². The Balaban J connectivity index is 1.82. The van der Waals surface area contributed by atoms with Gasteiger partial charge in [-0.05, 0) is 37.2 Å². The third-order valence-corrected chi connectivity index (χ3v) is 4.05. The van der Waals surface area contributed by atoms with E-state index in [1.807, 2.05) is 0 Å². The van der Waals surface area contributed by atoms with Gasteiger partial charge in [-0.2, -0.15) is 0 Å². The Kier molecular flexibility index (Phi) is 2.89. The van der Waals surface area contributed by atoms with Crippen LogP contribution < -0.4 is 10.6 Å². The van der Waals surface area contributed by atoms with Crippen LogP contribution in [-0.2, 0) is 0 Å². The van der Waals surface area contributed by atoms with Crippen molar-refractivity contribution in [2.75, 3.05) is 18.0 Å². The maximum absolute atomic E-state index is 7.44. The van der Waals surface area contributed by atoms with Crippen LogP contribution in [0.15, 0.2) is 12.3 Å².